The van der Waals surface area contributed by atoms with Crippen molar-refractivity contribution in [3.05, 3.63) is 57.2 Å². The van der Waals surface area contributed by atoms with Crippen LogP contribution < -0.4 is 5.32 Å². The van der Waals surface area contributed by atoms with E-state index in [1.807, 2.05) is 6.92 Å². The van der Waals surface area contributed by atoms with Crippen molar-refractivity contribution in [3.63, 3.8) is 0 Å². The van der Waals surface area contributed by atoms with Crippen molar-refractivity contribution in [3.8, 4) is 11.3 Å². The predicted octanol–water partition coefficient (Wildman–Crippen LogP) is 3.42. The number of nitrogens with zero attached hydrogens (tertiary/aromatic N) is 2. The highest BCUT2D eigenvalue weighted by Crippen LogP contribution is 2.33. The van der Waals surface area contributed by atoms with Crippen LogP contribution >= 0.6 is 11.8 Å². The number of benzene rings is 1. The number of nitro groups is 1. The lowest BCUT2D eigenvalue weighted by Crippen LogP contribution is -2.39. The van der Waals surface area contributed by atoms with E-state index in [4.69, 9.17) is 4.42 Å². The van der Waals surface area contributed by atoms with Crippen molar-refractivity contribution in [2.45, 2.75) is 13.3 Å². The minimum absolute atomic E-state index is 0.0304. The van der Waals surface area contributed by atoms with E-state index in [1.54, 1.807) is 24.3 Å². The van der Waals surface area contributed by atoms with Gasteiger partial charge in [0.1, 0.15) is 18.1 Å². The number of nitrogens with one attached hydrogen (secondary N) is 1. The molecule has 0 bridgehead atoms. The third kappa shape index (κ3) is 4.72. The molecular formula is C19H17N3O6S. The molecule has 0 spiro atoms. The lowest BCUT2D eigenvalue weighted by molar-refractivity contribution is -0.384. The van der Waals surface area contributed by atoms with Crippen LogP contribution in [0.15, 0.2) is 45.7 Å². The highest BCUT2D eigenvalue weighted by Gasteiger charge is 2.36. The fraction of sp³-hybridized carbons (Fsp3) is 0.211. The van der Waals surface area contributed by atoms with Gasteiger partial charge in [-0.15, -0.1) is 0 Å². The number of carbonyl (C=O) groups is 3. The van der Waals surface area contributed by atoms with Crippen LogP contribution in [0.2, 0.25) is 0 Å². The predicted molar refractivity (Wildman–Crippen MR) is 107 cm³/mol. The number of thioether (sulfide) groups is 1. The zero-order chi connectivity index (χ0) is 21.0. The van der Waals surface area contributed by atoms with Crippen LogP contribution in [0.1, 0.15) is 19.1 Å². The average molecular weight is 415 g/mol. The highest BCUT2D eigenvalue weighted by molar-refractivity contribution is 8.18. The van der Waals surface area contributed by atoms with E-state index in [2.05, 4.69) is 5.32 Å². The van der Waals surface area contributed by atoms with Gasteiger partial charge in [0.2, 0.25) is 5.91 Å². The SMILES string of the molecule is CCCNC(=O)CN1C(=O)S/C(=C\c2ccc(-c3ccc([N+](=O)[O-])cc3)o2)C1=O. The Morgan fingerprint density at radius 2 is 1.97 bits per heavy atom. The van der Waals surface area contributed by atoms with Crippen molar-refractivity contribution >= 4 is 40.6 Å². The van der Waals surface area contributed by atoms with Gasteiger partial charge in [-0.3, -0.25) is 29.4 Å². The number of rotatable bonds is 7. The van der Waals surface area contributed by atoms with Gasteiger partial charge in [-0.1, -0.05) is 6.92 Å². The van der Waals surface area contributed by atoms with Crippen LogP contribution in [-0.4, -0.2) is 40.0 Å². The quantitative estimate of drug-likeness (QED) is 0.417. The zero-order valence-corrected chi connectivity index (χ0v) is 16.2. The summed E-state index contributed by atoms with van der Waals surface area (Å²) in [5.41, 5.74) is 0.605. The number of non-ortho nitro benzene ring substituents is 1. The fourth-order valence-corrected chi connectivity index (χ4v) is 3.38. The molecule has 2 aromatic rings. The van der Waals surface area contributed by atoms with E-state index in [0.29, 0.717) is 23.6 Å². The Hall–Kier alpha value is -3.40. The molecule has 150 valence electrons. The molecule has 1 saturated heterocycles. The highest BCUT2D eigenvalue weighted by atomic mass is 32.2. The normalized spacial score (nSPS) is 15.2. The van der Waals surface area contributed by atoms with Crippen molar-refractivity contribution in [1.29, 1.82) is 0 Å². The molecule has 3 rings (SSSR count). The Morgan fingerprint density at radius 1 is 1.24 bits per heavy atom. The first-order valence-electron chi connectivity index (χ1n) is 8.75. The maximum Gasteiger partial charge on any atom is 0.294 e. The van der Waals surface area contributed by atoms with E-state index < -0.39 is 22.0 Å². The van der Waals surface area contributed by atoms with Crippen LogP contribution in [0, 0.1) is 10.1 Å². The Labute approximate surface area is 169 Å². The molecule has 1 aliphatic heterocycles. The van der Waals surface area contributed by atoms with Gasteiger partial charge >= 0.3 is 0 Å². The molecule has 9 nitrogen and oxygen atoms in total. The zero-order valence-electron chi connectivity index (χ0n) is 15.4. The van der Waals surface area contributed by atoms with Gasteiger partial charge in [0.25, 0.3) is 16.8 Å². The van der Waals surface area contributed by atoms with E-state index in [9.17, 15) is 24.5 Å². The minimum atomic E-state index is -0.556. The molecule has 1 aromatic heterocycles. The second-order valence-electron chi connectivity index (χ2n) is 6.12. The largest absolute Gasteiger partial charge is 0.457 e. The summed E-state index contributed by atoms with van der Waals surface area (Å²) >= 11 is 0.736. The lowest BCUT2D eigenvalue weighted by atomic mass is 10.1. The Bertz CT molecular complexity index is 996. The van der Waals surface area contributed by atoms with Gasteiger partial charge in [0.05, 0.1) is 9.83 Å². The number of furan rings is 1. The van der Waals surface area contributed by atoms with E-state index in [-0.39, 0.29) is 17.1 Å². The summed E-state index contributed by atoms with van der Waals surface area (Å²) in [6, 6.07) is 9.14. The van der Waals surface area contributed by atoms with Crippen LogP contribution in [0.4, 0.5) is 10.5 Å². The molecule has 29 heavy (non-hydrogen) atoms. The molecule has 10 heteroatoms. The van der Waals surface area contributed by atoms with E-state index in [0.717, 1.165) is 23.1 Å². The molecule has 0 radical (unpaired) electrons. The molecule has 0 saturated carbocycles. The summed E-state index contributed by atoms with van der Waals surface area (Å²) in [7, 11) is 0. The summed E-state index contributed by atoms with van der Waals surface area (Å²) in [6.45, 7) is 2.05. The maximum atomic E-state index is 12.4. The minimum Gasteiger partial charge on any atom is -0.457 e. The summed E-state index contributed by atoms with van der Waals surface area (Å²) < 4.78 is 5.66. The van der Waals surface area contributed by atoms with Gasteiger partial charge < -0.3 is 9.73 Å². The summed E-state index contributed by atoms with van der Waals surface area (Å²) in [6.07, 6.45) is 2.19. The van der Waals surface area contributed by atoms with Gasteiger partial charge in [-0.2, -0.15) is 0 Å². The topological polar surface area (TPSA) is 123 Å². The van der Waals surface area contributed by atoms with Crippen molar-refractivity contribution < 1.29 is 23.7 Å². The summed E-state index contributed by atoms with van der Waals surface area (Å²) in [5.74, 6) is -0.141. The first-order valence-corrected chi connectivity index (χ1v) is 9.57. The standard InChI is InChI=1S/C19H17N3O6S/c1-2-9-20-17(23)11-21-18(24)16(29-19(21)25)10-14-7-8-15(28-14)12-3-5-13(6-4-12)22(26)27/h3-8,10H,2,9,11H2,1H3,(H,20,23)/b16-10-. The van der Waals surface area contributed by atoms with Crippen LogP contribution in [0.25, 0.3) is 17.4 Å². The van der Waals surface area contributed by atoms with Gasteiger partial charge in [-0.05, 0) is 42.4 Å². The molecule has 1 aliphatic rings. The van der Waals surface area contributed by atoms with Gasteiger partial charge in [-0.25, -0.2) is 0 Å². The molecule has 3 amide bonds. The summed E-state index contributed by atoms with van der Waals surface area (Å²) in [4.78, 5) is 47.6. The molecule has 1 aromatic carbocycles. The smallest absolute Gasteiger partial charge is 0.294 e. The van der Waals surface area contributed by atoms with Crippen molar-refractivity contribution in [1.82, 2.24) is 10.2 Å². The molecule has 2 heterocycles. The number of imide groups is 1. The Balaban J connectivity index is 1.72. The van der Waals surface area contributed by atoms with E-state index in [1.165, 1.54) is 18.2 Å². The molecule has 0 unspecified atom stereocenters. The second-order valence-corrected chi connectivity index (χ2v) is 7.12. The Kier molecular flexibility index (Phi) is 6.13. The summed E-state index contributed by atoms with van der Waals surface area (Å²) in [5, 5.41) is 12.8. The van der Waals surface area contributed by atoms with Gasteiger partial charge in [0, 0.05) is 30.3 Å². The second kappa shape index (κ2) is 8.74. The van der Waals surface area contributed by atoms with E-state index >= 15 is 0 Å². The lowest BCUT2D eigenvalue weighted by Gasteiger charge is -2.11. The third-order valence-electron chi connectivity index (χ3n) is 4.01. The molecule has 1 fully saturated rings. The first kappa shape index (κ1) is 20.3. The Morgan fingerprint density at radius 3 is 2.62 bits per heavy atom. The van der Waals surface area contributed by atoms with Crippen LogP contribution in [0.3, 0.4) is 0 Å². The fourth-order valence-electron chi connectivity index (χ4n) is 2.56. The molecule has 1 N–H and O–H groups in total. The number of amides is 3. The first-order chi connectivity index (χ1) is 13.9. The number of hydrogen-bond donors (Lipinski definition) is 1. The molecule has 0 aliphatic carbocycles. The van der Waals surface area contributed by atoms with Gasteiger partial charge in [0.15, 0.2) is 0 Å². The number of hydrogen-bond acceptors (Lipinski definition) is 7. The monoisotopic (exact) mass is 415 g/mol. The number of nitro benzene ring substituents is 1. The van der Waals surface area contributed by atoms with Crippen molar-refractivity contribution in [2.24, 2.45) is 0 Å². The maximum absolute atomic E-state index is 12.4. The average Bonchev–Trinajstić information content (AvgIpc) is 3.27. The third-order valence-corrected chi connectivity index (χ3v) is 4.92. The van der Waals surface area contributed by atoms with Crippen LogP contribution in [-0.2, 0) is 9.59 Å². The van der Waals surface area contributed by atoms with Crippen molar-refractivity contribution in [2.75, 3.05) is 13.1 Å². The number of carbonyl (C=O) groups excluding carboxylic acids is 3. The molecule has 0 atom stereocenters. The molecular weight excluding hydrogens is 398 g/mol. The van der Waals surface area contributed by atoms with Crippen LogP contribution in [0.5, 0.6) is 0 Å².